The fraction of sp³-hybridized carbons (Fsp3) is 0.588. The number of sulfonamides is 1. The predicted octanol–water partition coefficient (Wildman–Crippen LogP) is 2.23. The van der Waals surface area contributed by atoms with Gasteiger partial charge in [-0.15, -0.1) is 0 Å². The molecule has 1 aromatic carbocycles. The van der Waals surface area contributed by atoms with Gasteiger partial charge in [0.15, 0.2) is 0 Å². The molecule has 0 spiro atoms. The number of hydrogen-bond donors (Lipinski definition) is 1. The van der Waals surface area contributed by atoms with Crippen molar-refractivity contribution in [2.45, 2.75) is 44.9 Å². The van der Waals surface area contributed by atoms with E-state index in [2.05, 4.69) is 5.32 Å². The van der Waals surface area contributed by atoms with Gasteiger partial charge in [-0.05, 0) is 50.3 Å². The first-order valence-corrected chi connectivity index (χ1v) is 9.65. The smallest absolute Gasteiger partial charge is 0.243 e. The molecule has 0 unspecified atom stereocenters. The average Bonchev–Trinajstić information content (AvgIpc) is 2.54. The second-order valence-corrected chi connectivity index (χ2v) is 8.14. The van der Waals surface area contributed by atoms with Crippen LogP contribution in [0.25, 0.3) is 0 Å². The van der Waals surface area contributed by atoms with E-state index in [4.69, 9.17) is 0 Å². The molecule has 23 heavy (non-hydrogen) atoms. The zero-order valence-corrected chi connectivity index (χ0v) is 14.9. The number of nitrogens with zero attached hydrogens (tertiary/aromatic N) is 1. The van der Waals surface area contributed by atoms with Gasteiger partial charge >= 0.3 is 0 Å². The van der Waals surface area contributed by atoms with Gasteiger partial charge in [0, 0.05) is 25.6 Å². The second-order valence-electron chi connectivity index (χ2n) is 6.24. The lowest BCUT2D eigenvalue weighted by Crippen LogP contribution is -2.43. The summed E-state index contributed by atoms with van der Waals surface area (Å²) in [7, 11) is -3.48. The molecule has 0 atom stereocenters. The summed E-state index contributed by atoms with van der Waals surface area (Å²) in [5.74, 6) is -0.0257. The molecule has 0 radical (unpaired) electrons. The highest BCUT2D eigenvalue weighted by Crippen LogP contribution is 2.26. The monoisotopic (exact) mass is 338 g/mol. The summed E-state index contributed by atoms with van der Waals surface area (Å²) in [4.78, 5) is 12.4. The molecule has 1 N–H and O–H groups in total. The summed E-state index contributed by atoms with van der Waals surface area (Å²) in [6.45, 7) is 7.21. The molecule has 1 saturated heterocycles. The van der Waals surface area contributed by atoms with Crippen LogP contribution in [-0.2, 0) is 14.8 Å². The largest absolute Gasteiger partial charge is 0.356 e. The van der Waals surface area contributed by atoms with Crippen LogP contribution in [0.2, 0.25) is 0 Å². The summed E-state index contributed by atoms with van der Waals surface area (Å²) in [6.07, 6.45) is 2.07. The number of rotatable bonds is 5. The molecular weight excluding hydrogens is 312 g/mol. The van der Waals surface area contributed by atoms with Crippen molar-refractivity contribution in [2.75, 3.05) is 19.6 Å². The Balaban J connectivity index is 2.07. The number of nitrogens with one attached hydrogen (secondary N) is 1. The van der Waals surface area contributed by atoms with Crippen molar-refractivity contribution in [1.29, 1.82) is 0 Å². The Morgan fingerprint density at radius 1 is 1.26 bits per heavy atom. The fourth-order valence-corrected chi connectivity index (χ4v) is 4.65. The maximum atomic E-state index is 12.8. The molecular formula is C17H26N2O3S. The number of piperidine rings is 1. The number of carbonyl (C=O) groups excluding carboxylic acids is 1. The summed E-state index contributed by atoms with van der Waals surface area (Å²) >= 11 is 0. The van der Waals surface area contributed by atoms with E-state index < -0.39 is 10.0 Å². The molecule has 128 valence electrons. The molecule has 0 aromatic heterocycles. The number of hydrogen-bond acceptors (Lipinski definition) is 3. The zero-order chi connectivity index (χ0) is 17.0. The normalized spacial score (nSPS) is 17.2. The Labute approximate surface area is 139 Å². The van der Waals surface area contributed by atoms with Crippen molar-refractivity contribution < 1.29 is 13.2 Å². The average molecular weight is 338 g/mol. The molecule has 0 aliphatic carbocycles. The van der Waals surface area contributed by atoms with Crippen LogP contribution < -0.4 is 5.32 Å². The van der Waals surface area contributed by atoms with E-state index in [0.717, 1.165) is 17.5 Å². The van der Waals surface area contributed by atoms with E-state index in [1.807, 2.05) is 32.9 Å². The van der Waals surface area contributed by atoms with E-state index in [0.29, 0.717) is 37.4 Å². The fourth-order valence-electron chi connectivity index (χ4n) is 2.88. The molecule has 1 aliphatic rings. The van der Waals surface area contributed by atoms with Gasteiger partial charge in [0.2, 0.25) is 15.9 Å². The molecule has 1 amide bonds. The van der Waals surface area contributed by atoms with Gasteiger partial charge in [-0.1, -0.05) is 19.1 Å². The van der Waals surface area contributed by atoms with Crippen LogP contribution in [0.15, 0.2) is 23.1 Å². The minimum Gasteiger partial charge on any atom is -0.356 e. The molecule has 0 bridgehead atoms. The zero-order valence-electron chi connectivity index (χ0n) is 14.1. The molecule has 2 rings (SSSR count). The van der Waals surface area contributed by atoms with E-state index in [-0.39, 0.29) is 11.8 Å². The van der Waals surface area contributed by atoms with Crippen LogP contribution in [-0.4, -0.2) is 38.3 Å². The lowest BCUT2D eigenvalue weighted by Gasteiger charge is -2.31. The maximum absolute atomic E-state index is 12.8. The Morgan fingerprint density at radius 3 is 2.52 bits per heavy atom. The van der Waals surface area contributed by atoms with Crippen molar-refractivity contribution in [3.8, 4) is 0 Å². The minimum absolute atomic E-state index is 0.0515. The van der Waals surface area contributed by atoms with Crippen LogP contribution in [0.3, 0.4) is 0 Å². The Hall–Kier alpha value is -1.40. The summed E-state index contributed by atoms with van der Waals surface area (Å²) in [5, 5.41) is 2.90. The maximum Gasteiger partial charge on any atom is 0.243 e. The van der Waals surface area contributed by atoms with Crippen molar-refractivity contribution in [3.63, 3.8) is 0 Å². The number of aryl methyl sites for hydroxylation is 2. The molecule has 0 saturated carbocycles. The number of benzene rings is 1. The van der Waals surface area contributed by atoms with Crippen LogP contribution in [0.5, 0.6) is 0 Å². The topological polar surface area (TPSA) is 66.5 Å². The van der Waals surface area contributed by atoms with Crippen molar-refractivity contribution in [3.05, 3.63) is 29.3 Å². The Bertz CT molecular complexity index is 662. The van der Waals surface area contributed by atoms with Crippen molar-refractivity contribution in [1.82, 2.24) is 9.62 Å². The molecule has 1 heterocycles. The summed E-state index contributed by atoms with van der Waals surface area (Å²) in [5.41, 5.74) is 1.70. The molecule has 1 fully saturated rings. The molecule has 1 aliphatic heterocycles. The highest BCUT2D eigenvalue weighted by molar-refractivity contribution is 7.89. The first kappa shape index (κ1) is 17.9. The predicted molar refractivity (Wildman–Crippen MR) is 90.7 cm³/mol. The lowest BCUT2D eigenvalue weighted by molar-refractivity contribution is -0.126. The third-order valence-corrected chi connectivity index (χ3v) is 6.38. The third-order valence-electron chi connectivity index (χ3n) is 4.34. The van der Waals surface area contributed by atoms with Gasteiger partial charge in [0.25, 0.3) is 0 Å². The SMILES string of the molecule is CCCNC(=O)C1CCN(S(=O)(=O)c2cc(C)ccc2C)CC1. The van der Waals surface area contributed by atoms with E-state index in [1.165, 1.54) is 4.31 Å². The molecule has 5 nitrogen and oxygen atoms in total. The van der Waals surface area contributed by atoms with E-state index in [9.17, 15) is 13.2 Å². The quantitative estimate of drug-likeness (QED) is 0.895. The van der Waals surface area contributed by atoms with Gasteiger partial charge in [-0.25, -0.2) is 8.42 Å². The highest BCUT2D eigenvalue weighted by Gasteiger charge is 2.32. The van der Waals surface area contributed by atoms with Crippen LogP contribution in [0.1, 0.15) is 37.3 Å². The number of carbonyl (C=O) groups is 1. The van der Waals surface area contributed by atoms with Gasteiger partial charge in [0.1, 0.15) is 0 Å². The first-order valence-electron chi connectivity index (χ1n) is 8.21. The van der Waals surface area contributed by atoms with E-state index >= 15 is 0 Å². The lowest BCUT2D eigenvalue weighted by atomic mass is 9.97. The van der Waals surface area contributed by atoms with Crippen molar-refractivity contribution in [2.24, 2.45) is 5.92 Å². The Kier molecular flexibility index (Phi) is 5.81. The summed E-state index contributed by atoms with van der Waals surface area (Å²) < 4.78 is 27.2. The van der Waals surface area contributed by atoms with Gasteiger partial charge < -0.3 is 5.32 Å². The van der Waals surface area contributed by atoms with Crippen LogP contribution in [0, 0.1) is 19.8 Å². The van der Waals surface area contributed by atoms with Crippen LogP contribution in [0.4, 0.5) is 0 Å². The van der Waals surface area contributed by atoms with Gasteiger partial charge in [0.05, 0.1) is 4.90 Å². The molecule has 1 aromatic rings. The van der Waals surface area contributed by atoms with Crippen molar-refractivity contribution >= 4 is 15.9 Å². The van der Waals surface area contributed by atoms with Crippen LogP contribution >= 0.6 is 0 Å². The second kappa shape index (κ2) is 7.45. The Morgan fingerprint density at radius 2 is 1.91 bits per heavy atom. The van der Waals surface area contributed by atoms with Gasteiger partial charge in [-0.2, -0.15) is 4.31 Å². The first-order chi connectivity index (χ1) is 10.9. The van der Waals surface area contributed by atoms with Gasteiger partial charge in [-0.3, -0.25) is 4.79 Å². The standard InChI is InChI=1S/C17H26N2O3S/c1-4-9-18-17(20)15-7-10-19(11-8-15)23(21,22)16-12-13(2)5-6-14(16)3/h5-6,12,15H,4,7-11H2,1-3H3,(H,18,20). The number of amides is 1. The van der Waals surface area contributed by atoms with E-state index in [1.54, 1.807) is 6.07 Å². The molecule has 6 heteroatoms. The third kappa shape index (κ3) is 4.12. The minimum atomic E-state index is -3.48. The highest BCUT2D eigenvalue weighted by atomic mass is 32.2. The summed E-state index contributed by atoms with van der Waals surface area (Å²) in [6, 6.07) is 5.48.